The topological polar surface area (TPSA) is 81.5 Å². The number of benzene rings is 2. The van der Waals surface area contributed by atoms with Crippen molar-refractivity contribution in [1.29, 1.82) is 0 Å². The Morgan fingerprint density at radius 3 is 2.66 bits per heavy atom. The van der Waals surface area contributed by atoms with Crippen LogP contribution in [-0.2, 0) is 20.8 Å². The minimum Gasteiger partial charge on any atom is -0.376 e. The highest BCUT2D eigenvalue weighted by Gasteiger charge is 2.45. The average molecular weight is 568 g/mol. The van der Waals surface area contributed by atoms with Gasteiger partial charge in [0.25, 0.3) is 5.91 Å². The van der Waals surface area contributed by atoms with Gasteiger partial charge in [-0.3, -0.25) is 4.79 Å². The summed E-state index contributed by atoms with van der Waals surface area (Å²) >= 11 is 0. The fraction of sp³-hybridized carbons (Fsp3) is 0.516. The van der Waals surface area contributed by atoms with Crippen LogP contribution >= 0.6 is 0 Å². The van der Waals surface area contributed by atoms with Gasteiger partial charge in [0, 0.05) is 20.3 Å². The molecule has 5 rings (SSSR count). The zero-order valence-electron chi connectivity index (χ0n) is 24.1. The number of halogens is 2. The quantitative estimate of drug-likeness (QED) is 0.386. The van der Waals surface area contributed by atoms with Gasteiger partial charge >= 0.3 is 0 Å². The van der Waals surface area contributed by atoms with E-state index < -0.39 is 29.4 Å². The van der Waals surface area contributed by atoms with Gasteiger partial charge in [-0.1, -0.05) is 37.3 Å². The van der Waals surface area contributed by atoms with Crippen molar-refractivity contribution in [3.8, 4) is 11.4 Å². The van der Waals surface area contributed by atoms with E-state index in [2.05, 4.69) is 12.2 Å². The minimum atomic E-state index is -0.914. The van der Waals surface area contributed by atoms with Gasteiger partial charge in [-0.25, -0.2) is 18.4 Å². The third-order valence-corrected chi connectivity index (χ3v) is 8.38. The van der Waals surface area contributed by atoms with Crippen LogP contribution in [0.4, 0.5) is 8.78 Å². The van der Waals surface area contributed by atoms with Crippen LogP contribution in [0, 0.1) is 23.5 Å². The highest BCUT2D eigenvalue weighted by Crippen LogP contribution is 2.38. The second-order valence-corrected chi connectivity index (χ2v) is 11.7. The first-order valence-electron chi connectivity index (χ1n) is 14.3. The molecule has 1 N–H and O–H groups in total. The van der Waals surface area contributed by atoms with Crippen molar-refractivity contribution >= 4 is 5.91 Å². The van der Waals surface area contributed by atoms with E-state index in [0.717, 1.165) is 43.3 Å². The molecule has 10 heteroatoms. The number of nitrogens with one attached hydrogen (secondary N) is 1. The van der Waals surface area contributed by atoms with Gasteiger partial charge in [0.2, 0.25) is 0 Å². The SMILES string of the molecule is COC(C)(C)[C@H](c1nc(-c2cc(F)ccc2F)nn1Cc1ccccc1)N(C[C@@H]1CNC[C@@H]1C)C(=O)[C@@H]1CCCO1. The van der Waals surface area contributed by atoms with Gasteiger partial charge < -0.3 is 19.7 Å². The minimum absolute atomic E-state index is 0.0438. The Kier molecular flexibility index (Phi) is 8.82. The van der Waals surface area contributed by atoms with Crippen LogP contribution in [0.25, 0.3) is 11.4 Å². The van der Waals surface area contributed by atoms with Crippen molar-refractivity contribution in [2.24, 2.45) is 11.8 Å². The highest BCUT2D eigenvalue weighted by atomic mass is 19.1. The Morgan fingerprint density at radius 1 is 1.22 bits per heavy atom. The Morgan fingerprint density at radius 2 is 2.00 bits per heavy atom. The number of nitrogens with zero attached hydrogens (tertiary/aromatic N) is 4. The van der Waals surface area contributed by atoms with Crippen LogP contribution in [-0.4, -0.2) is 70.6 Å². The number of ether oxygens (including phenoxy) is 2. The van der Waals surface area contributed by atoms with Crippen LogP contribution in [0.3, 0.4) is 0 Å². The van der Waals surface area contributed by atoms with Crippen LogP contribution in [0.15, 0.2) is 48.5 Å². The third-order valence-electron chi connectivity index (χ3n) is 8.38. The maximum atomic E-state index is 15.0. The summed E-state index contributed by atoms with van der Waals surface area (Å²) in [6.07, 6.45) is 0.905. The van der Waals surface area contributed by atoms with E-state index in [1.807, 2.05) is 49.1 Å². The lowest BCUT2D eigenvalue weighted by Gasteiger charge is -2.42. The summed E-state index contributed by atoms with van der Waals surface area (Å²) in [4.78, 5) is 20.9. The first kappa shape index (κ1) is 29.3. The van der Waals surface area contributed by atoms with Gasteiger partial charge in [-0.2, -0.15) is 5.10 Å². The van der Waals surface area contributed by atoms with E-state index in [0.29, 0.717) is 37.9 Å². The van der Waals surface area contributed by atoms with E-state index in [-0.39, 0.29) is 23.2 Å². The summed E-state index contributed by atoms with van der Waals surface area (Å²) in [5, 5.41) is 8.13. The van der Waals surface area contributed by atoms with Crippen LogP contribution in [0.5, 0.6) is 0 Å². The number of carbonyl (C=O) groups excluding carboxylic acids is 1. The number of hydrogen-bond donors (Lipinski definition) is 1. The molecule has 0 spiro atoms. The average Bonchev–Trinajstić information content (AvgIpc) is 3.72. The van der Waals surface area contributed by atoms with Crippen LogP contribution in [0.1, 0.15) is 51.0 Å². The molecule has 1 aromatic heterocycles. The molecule has 2 aromatic carbocycles. The van der Waals surface area contributed by atoms with Crippen molar-refractivity contribution in [3.63, 3.8) is 0 Å². The van der Waals surface area contributed by atoms with Crippen molar-refractivity contribution < 1.29 is 23.0 Å². The Balaban J connectivity index is 1.67. The summed E-state index contributed by atoms with van der Waals surface area (Å²) in [5.41, 5.74) is -0.00915. The van der Waals surface area contributed by atoms with Crippen molar-refractivity contribution in [1.82, 2.24) is 25.0 Å². The molecule has 0 radical (unpaired) electrons. The van der Waals surface area contributed by atoms with Gasteiger partial charge in [0.15, 0.2) is 11.6 Å². The Labute approximate surface area is 240 Å². The summed E-state index contributed by atoms with van der Waals surface area (Å²) in [6, 6.07) is 12.2. The second kappa shape index (κ2) is 12.3. The van der Waals surface area contributed by atoms with Crippen LogP contribution in [0.2, 0.25) is 0 Å². The van der Waals surface area contributed by atoms with Crippen molar-refractivity contribution in [2.75, 3.05) is 33.4 Å². The maximum Gasteiger partial charge on any atom is 0.252 e. The highest BCUT2D eigenvalue weighted by molar-refractivity contribution is 5.81. The fourth-order valence-electron chi connectivity index (χ4n) is 5.79. The normalized spacial score (nSPS) is 21.8. The molecule has 0 unspecified atom stereocenters. The van der Waals surface area contributed by atoms with E-state index in [1.54, 1.807) is 11.8 Å². The number of methoxy groups -OCH3 is 1. The lowest BCUT2D eigenvalue weighted by molar-refractivity contribution is -0.153. The summed E-state index contributed by atoms with van der Waals surface area (Å²) < 4.78 is 42.8. The molecule has 3 aromatic rings. The molecular formula is C31H39F2N5O3. The summed E-state index contributed by atoms with van der Waals surface area (Å²) in [6.45, 7) is 8.98. The molecule has 2 fully saturated rings. The molecule has 0 bridgehead atoms. The third kappa shape index (κ3) is 6.34. The predicted octanol–water partition coefficient (Wildman–Crippen LogP) is 4.60. The zero-order chi connectivity index (χ0) is 29.1. The monoisotopic (exact) mass is 567 g/mol. The zero-order valence-corrected chi connectivity index (χ0v) is 24.1. The molecular weight excluding hydrogens is 528 g/mol. The number of amides is 1. The lowest BCUT2D eigenvalue weighted by atomic mass is 9.91. The first-order valence-corrected chi connectivity index (χ1v) is 14.3. The number of carbonyl (C=O) groups is 1. The van der Waals surface area contributed by atoms with Crippen LogP contribution < -0.4 is 5.32 Å². The molecule has 4 atom stereocenters. The Hall–Kier alpha value is -3.21. The van der Waals surface area contributed by atoms with Gasteiger partial charge in [0.1, 0.15) is 23.8 Å². The van der Waals surface area contributed by atoms with Crippen molar-refractivity contribution in [3.05, 3.63) is 71.6 Å². The number of rotatable bonds is 10. The summed E-state index contributed by atoms with van der Waals surface area (Å²) in [5.74, 6) is -0.287. The molecule has 3 heterocycles. The largest absolute Gasteiger partial charge is 0.376 e. The fourth-order valence-corrected chi connectivity index (χ4v) is 5.79. The molecule has 41 heavy (non-hydrogen) atoms. The lowest BCUT2D eigenvalue weighted by Crippen LogP contribution is -2.52. The second-order valence-electron chi connectivity index (χ2n) is 11.7. The summed E-state index contributed by atoms with van der Waals surface area (Å²) in [7, 11) is 1.60. The molecule has 2 aliphatic rings. The molecule has 8 nitrogen and oxygen atoms in total. The first-order chi connectivity index (χ1) is 19.7. The molecule has 1 amide bonds. The van der Waals surface area contributed by atoms with E-state index in [4.69, 9.17) is 19.6 Å². The maximum absolute atomic E-state index is 15.0. The predicted molar refractivity (Wildman–Crippen MR) is 151 cm³/mol. The van der Waals surface area contributed by atoms with Gasteiger partial charge in [0.05, 0.1) is 17.7 Å². The molecule has 2 saturated heterocycles. The van der Waals surface area contributed by atoms with Crippen molar-refractivity contribution in [2.45, 2.75) is 57.9 Å². The molecule has 0 aliphatic carbocycles. The van der Waals surface area contributed by atoms with E-state index in [1.165, 1.54) is 0 Å². The molecule has 2 aliphatic heterocycles. The Bertz CT molecular complexity index is 1340. The molecule has 220 valence electrons. The van der Waals surface area contributed by atoms with Gasteiger partial charge in [-0.05, 0) is 75.4 Å². The molecule has 0 saturated carbocycles. The van der Waals surface area contributed by atoms with E-state index in [9.17, 15) is 13.6 Å². The number of hydrogen-bond acceptors (Lipinski definition) is 6. The number of aromatic nitrogens is 3. The smallest absolute Gasteiger partial charge is 0.252 e. The van der Waals surface area contributed by atoms with Gasteiger partial charge in [-0.15, -0.1) is 0 Å². The standard InChI is InChI=1S/C31H39F2N5O3/c1-20-16-34-17-22(20)19-37(30(39)26-11-8-14-41-26)27(31(2,3)40-4)29-35-28(24-15-23(32)12-13-25(24)33)36-38(29)18-21-9-6-5-7-10-21/h5-7,9-10,12-13,15,20,22,26-27,34H,8,11,14,16-19H2,1-4H3/t20-,22-,26-,27-/m0/s1. The van der Waals surface area contributed by atoms with E-state index >= 15 is 0 Å².